The summed E-state index contributed by atoms with van der Waals surface area (Å²) in [7, 11) is 2.42. The van der Waals surface area contributed by atoms with Gasteiger partial charge < -0.3 is 104 Å². The van der Waals surface area contributed by atoms with Crippen molar-refractivity contribution in [1.82, 2.24) is 0 Å². The summed E-state index contributed by atoms with van der Waals surface area (Å²) in [6.45, 7) is 0.532. The summed E-state index contributed by atoms with van der Waals surface area (Å²) in [5.74, 6) is -5.02. The summed E-state index contributed by atoms with van der Waals surface area (Å²) in [5, 5.41) is 126. The van der Waals surface area contributed by atoms with E-state index in [4.69, 9.17) is 42.6 Å². The topological polar surface area (TPSA) is 394 Å². The molecule has 16 atom stereocenters. The maximum Gasteiger partial charge on any atom is 0.341 e. The number of hydrogen-bond acceptors (Lipinski definition) is 24. The smallest absolute Gasteiger partial charge is 0.341 e. The molecule has 2 aromatic carbocycles. The highest BCUT2D eigenvalue weighted by atomic mass is 16.7. The van der Waals surface area contributed by atoms with Crippen LogP contribution in [-0.2, 0) is 55.7 Å². The zero-order valence-electron chi connectivity index (χ0n) is 36.3. The van der Waals surface area contributed by atoms with Gasteiger partial charge in [0.15, 0.2) is 23.4 Å². The Morgan fingerprint density at radius 3 is 1.42 bits per heavy atom. The van der Waals surface area contributed by atoms with E-state index in [0.717, 1.165) is 13.8 Å². The van der Waals surface area contributed by atoms with Crippen LogP contribution in [0.25, 0.3) is 0 Å². The number of carboxylic acids is 1. The summed E-state index contributed by atoms with van der Waals surface area (Å²) < 4.78 is 49.7. The number of carboxylic acid groups (broad SMARTS) is 1. The van der Waals surface area contributed by atoms with Gasteiger partial charge in [-0.05, 0) is 49.9 Å². The number of aliphatic carboxylic acids is 1. The molecule has 12 N–H and O–H groups in total. The number of rotatable bonds is 17. The zero-order chi connectivity index (χ0) is 49.4. The Kier molecular flexibility index (Phi) is 15.6. The number of carbonyl (C=O) groups is 4. The van der Waals surface area contributed by atoms with Crippen LogP contribution in [0.5, 0.6) is 23.0 Å². The molecule has 4 heterocycles. The van der Waals surface area contributed by atoms with E-state index in [1.807, 2.05) is 0 Å². The van der Waals surface area contributed by atoms with E-state index in [9.17, 15) is 80.5 Å². The Morgan fingerprint density at radius 1 is 0.612 bits per heavy atom. The first-order chi connectivity index (χ1) is 31.5. The highest BCUT2D eigenvalue weighted by molar-refractivity contribution is 5.83. The van der Waals surface area contributed by atoms with Crippen LogP contribution in [0.2, 0.25) is 0 Å². The van der Waals surface area contributed by atoms with Gasteiger partial charge in [0, 0.05) is 36.1 Å². The molecule has 372 valence electrons. The normalized spacial score (nSPS) is 36.2. The van der Waals surface area contributed by atoms with Crippen molar-refractivity contribution in [3.8, 4) is 23.0 Å². The maximum absolute atomic E-state index is 13.3. The first kappa shape index (κ1) is 51.4. The molecule has 0 spiro atoms. The molecule has 0 bridgehead atoms. The molecule has 0 aliphatic carbocycles. The number of methoxy groups -OCH3 is 2. The molecule has 2 aromatic rings. The van der Waals surface area contributed by atoms with Crippen LogP contribution < -0.4 is 18.9 Å². The van der Waals surface area contributed by atoms with Gasteiger partial charge in [0.05, 0.1) is 20.8 Å². The first-order valence-electron chi connectivity index (χ1n) is 20.8. The van der Waals surface area contributed by atoms with Crippen LogP contribution in [0.3, 0.4) is 0 Å². The molecule has 0 aromatic heterocycles. The van der Waals surface area contributed by atoms with Crippen molar-refractivity contribution in [2.75, 3.05) is 27.4 Å². The first-order valence-corrected chi connectivity index (χ1v) is 20.8. The summed E-state index contributed by atoms with van der Waals surface area (Å²) >= 11 is 0. The Morgan fingerprint density at radius 2 is 1.03 bits per heavy atom. The van der Waals surface area contributed by atoms with Crippen LogP contribution in [0.1, 0.15) is 61.2 Å². The van der Waals surface area contributed by atoms with Crippen LogP contribution in [-0.4, -0.2) is 197 Å². The van der Waals surface area contributed by atoms with Gasteiger partial charge in [-0.2, -0.15) is 0 Å². The van der Waals surface area contributed by atoms with Crippen LogP contribution in [0.15, 0.2) is 24.3 Å². The van der Waals surface area contributed by atoms with Crippen molar-refractivity contribution in [3.63, 3.8) is 0 Å². The number of aliphatic hydroxyl groups excluding tert-OH is 9. The fourth-order valence-electron chi connectivity index (χ4n) is 7.85. The third-order valence-electron chi connectivity index (χ3n) is 12.1. The lowest BCUT2D eigenvalue weighted by Crippen LogP contribution is -2.60. The molecular formula is C42H54O25. The number of esters is 3. The number of cyclic esters (lactones) is 2. The third kappa shape index (κ3) is 10.2. The van der Waals surface area contributed by atoms with E-state index in [-0.39, 0.29) is 58.1 Å². The van der Waals surface area contributed by atoms with Crippen molar-refractivity contribution >= 4 is 23.9 Å². The fraction of sp³-hybridized carbons (Fsp3) is 0.619. The summed E-state index contributed by atoms with van der Waals surface area (Å²) in [6, 6.07) is 4.98. The minimum absolute atomic E-state index is 0.00551. The van der Waals surface area contributed by atoms with Crippen molar-refractivity contribution in [1.29, 1.82) is 0 Å². The Labute approximate surface area is 380 Å². The minimum atomic E-state index is -2.33. The summed E-state index contributed by atoms with van der Waals surface area (Å²) in [5.41, 5.74) is -4.44. The minimum Gasteiger partial charge on any atom is -0.496 e. The van der Waals surface area contributed by atoms with Gasteiger partial charge >= 0.3 is 23.9 Å². The van der Waals surface area contributed by atoms with Crippen molar-refractivity contribution < 1.29 is 123 Å². The maximum atomic E-state index is 13.3. The van der Waals surface area contributed by atoms with Crippen LogP contribution in [0.4, 0.5) is 0 Å². The Balaban J connectivity index is 1.20. The van der Waals surface area contributed by atoms with Crippen LogP contribution in [0, 0.1) is 0 Å². The second-order valence-corrected chi connectivity index (χ2v) is 16.8. The molecule has 4 aliphatic rings. The lowest BCUT2D eigenvalue weighted by molar-refractivity contribution is -0.278. The number of aryl methyl sites for hydroxylation is 2. The van der Waals surface area contributed by atoms with Gasteiger partial charge in [-0.15, -0.1) is 0 Å². The Hall–Kier alpha value is -5.00. The Bertz CT molecular complexity index is 2140. The van der Waals surface area contributed by atoms with E-state index in [0.29, 0.717) is 0 Å². The molecule has 4 aliphatic heterocycles. The van der Waals surface area contributed by atoms with Gasteiger partial charge in [-0.25, -0.2) is 9.59 Å². The largest absolute Gasteiger partial charge is 0.496 e. The molecule has 4 saturated heterocycles. The van der Waals surface area contributed by atoms with Crippen molar-refractivity contribution in [2.45, 2.75) is 137 Å². The second kappa shape index (κ2) is 20.3. The van der Waals surface area contributed by atoms with E-state index >= 15 is 0 Å². The summed E-state index contributed by atoms with van der Waals surface area (Å²) in [6.07, 6.45) is -25.8. The lowest BCUT2D eigenvalue weighted by atomic mass is 9.92. The van der Waals surface area contributed by atoms with E-state index in [2.05, 4.69) is 0 Å². The molecule has 0 amide bonds. The SMILES string of the molecule is COc1cc(O[C@@H]2O[C@H](COC(=O)CCc3cc([C@@H]4OC(=O)[C@](C)(O)[C@H]4O)c(OC)cc3O[C@@H]3O[C@H](CO)[C@@H](O)[C@H](O)[C@H]3O)[C@@H](O)[C@H](O)[C@H]2O)c(CCC(=O)O)cc1[C@@H]1OC(=O)[C@](C)(O)[C@@H]1O. The molecular weight excluding hydrogens is 904 g/mol. The molecule has 0 unspecified atom stereocenters. The highest BCUT2D eigenvalue weighted by Crippen LogP contribution is 2.45. The van der Waals surface area contributed by atoms with Gasteiger partial charge in [-0.3, -0.25) is 9.59 Å². The van der Waals surface area contributed by atoms with Gasteiger partial charge in [0.1, 0.15) is 90.6 Å². The van der Waals surface area contributed by atoms with E-state index < -0.39 is 147 Å². The molecule has 25 nitrogen and oxygen atoms in total. The lowest BCUT2D eigenvalue weighted by Gasteiger charge is -2.40. The van der Waals surface area contributed by atoms with Crippen molar-refractivity contribution in [2.24, 2.45) is 0 Å². The predicted molar refractivity (Wildman–Crippen MR) is 214 cm³/mol. The monoisotopic (exact) mass is 958 g/mol. The number of ether oxygens (including phenoxy) is 9. The van der Waals surface area contributed by atoms with E-state index in [1.165, 1.54) is 38.5 Å². The average Bonchev–Trinajstić information content (AvgIpc) is 3.63. The quantitative estimate of drug-likeness (QED) is 0.0527. The molecule has 0 saturated carbocycles. The van der Waals surface area contributed by atoms with Gasteiger partial charge in [0.25, 0.3) is 0 Å². The van der Waals surface area contributed by atoms with E-state index in [1.54, 1.807) is 0 Å². The summed E-state index contributed by atoms with van der Waals surface area (Å²) in [4.78, 5) is 49.7. The molecule has 4 fully saturated rings. The molecule has 6 rings (SSSR count). The third-order valence-corrected chi connectivity index (χ3v) is 12.1. The fourth-order valence-corrected chi connectivity index (χ4v) is 7.85. The van der Waals surface area contributed by atoms with Gasteiger partial charge in [0.2, 0.25) is 12.6 Å². The number of hydrogen-bond donors (Lipinski definition) is 12. The molecule has 0 radical (unpaired) electrons. The predicted octanol–water partition coefficient (Wildman–Crippen LogP) is -4.32. The average molecular weight is 959 g/mol. The second-order valence-electron chi connectivity index (χ2n) is 16.8. The molecule has 25 heteroatoms. The number of benzene rings is 2. The van der Waals surface area contributed by atoms with Gasteiger partial charge in [-0.1, -0.05) is 0 Å². The zero-order valence-corrected chi connectivity index (χ0v) is 36.3. The van der Waals surface area contributed by atoms with Crippen molar-refractivity contribution in [3.05, 3.63) is 46.5 Å². The van der Waals surface area contributed by atoms with Crippen LogP contribution >= 0.6 is 0 Å². The number of carbonyl (C=O) groups excluding carboxylic acids is 3. The highest BCUT2D eigenvalue weighted by Gasteiger charge is 2.56. The number of aliphatic hydroxyl groups is 11. The standard InChI is InChI=1S/C42H54O25/c1-41(57)35(53)33(66-39(41)55)17-9-15(5-7-25(44)45)19(11-21(17)59-3)63-38-32(52)30(50)28(48)24(65-38)14-61-26(46)8-6-16-10-18(34-36(54)42(2,58)40(56)67-34)22(60-4)12-20(16)62-37-31(51)29(49)27(47)23(13-43)64-37/h9-12,23-24,27-38,43,47-54,57-58H,5-8,13-14H2,1-4H3,(H,44,45)/t23-,24-,27-,28-,29+,30+,31-,32-,33+,34+,35-,36+,37-,38-,41-,42-/m1/s1. The molecule has 67 heavy (non-hydrogen) atoms.